The van der Waals surface area contributed by atoms with E-state index in [1.54, 1.807) is 6.20 Å². The summed E-state index contributed by atoms with van der Waals surface area (Å²) in [6.45, 7) is 0. The highest BCUT2D eigenvalue weighted by Crippen LogP contribution is 2.24. The Labute approximate surface area is 113 Å². The van der Waals surface area contributed by atoms with E-state index in [9.17, 15) is 0 Å². The van der Waals surface area contributed by atoms with Crippen LogP contribution in [0.3, 0.4) is 0 Å². The number of pyridine rings is 2. The Kier molecular flexibility index (Phi) is 2.94. The van der Waals surface area contributed by atoms with Gasteiger partial charge in [0.25, 0.3) is 0 Å². The fraction of sp³-hybridized carbons (Fsp3) is 0. The summed E-state index contributed by atoms with van der Waals surface area (Å²) in [7, 11) is 0. The standard InChI is InChI=1S/C14H10BrN3/c15-12-5-3-7-16-14(12)18-11-8-10-4-1-2-6-13(10)17-9-11/h1-9H,(H,16,18). The predicted octanol–water partition coefficient (Wildman–Crippen LogP) is 4.14. The van der Waals surface area contributed by atoms with Crippen molar-refractivity contribution < 1.29 is 0 Å². The molecule has 0 aliphatic rings. The van der Waals surface area contributed by atoms with E-state index in [0.29, 0.717) is 0 Å². The molecule has 0 atom stereocenters. The maximum absolute atomic E-state index is 4.40. The van der Waals surface area contributed by atoms with Gasteiger partial charge in [0.1, 0.15) is 5.82 Å². The maximum atomic E-state index is 4.40. The molecule has 0 aliphatic heterocycles. The molecule has 0 bridgehead atoms. The van der Waals surface area contributed by atoms with Crippen molar-refractivity contribution in [1.29, 1.82) is 0 Å². The van der Waals surface area contributed by atoms with E-state index < -0.39 is 0 Å². The number of nitrogens with zero attached hydrogens (tertiary/aromatic N) is 2. The molecule has 0 saturated carbocycles. The molecule has 0 saturated heterocycles. The first kappa shape index (κ1) is 11.2. The molecule has 1 N–H and O–H groups in total. The molecule has 88 valence electrons. The molecule has 18 heavy (non-hydrogen) atoms. The number of rotatable bonds is 2. The molecular weight excluding hydrogens is 290 g/mol. The smallest absolute Gasteiger partial charge is 0.144 e. The number of para-hydroxylation sites is 1. The van der Waals surface area contributed by atoms with Crippen molar-refractivity contribution in [3.05, 3.63) is 59.3 Å². The summed E-state index contributed by atoms with van der Waals surface area (Å²) in [5.41, 5.74) is 1.91. The third-order valence-electron chi connectivity index (χ3n) is 2.61. The number of hydrogen-bond acceptors (Lipinski definition) is 3. The summed E-state index contributed by atoms with van der Waals surface area (Å²) in [6.07, 6.45) is 3.56. The minimum Gasteiger partial charge on any atom is -0.338 e. The van der Waals surface area contributed by atoms with Gasteiger partial charge in [-0.3, -0.25) is 4.98 Å². The zero-order chi connectivity index (χ0) is 12.4. The maximum Gasteiger partial charge on any atom is 0.144 e. The van der Waals surface area contributed by atoms with Crippen molar-refractivity contribution in [3.8, 4) is 0 Å². The second-order valence-electron chi connectivity index (χ2n) is 3.88. The third-order valence-corrected chi connectivity index (χ3v) is 3.25. The molecule has 0 unspecified atom stereocenters. The quantitative estimate of drug-likeness (QED) is 0.773. The molecule has 1 aromatic carbocycles. The van der Waals surface area contributed by atoms with Gasteiger partial charge in [0.05, 0.1) is 21.9 Å². The van der Waals surface area contributed by atoms with E-state index in [-0.39, 0.29) is 0 Å². The Hall–Kier alpha value is -1.94. The highest BCUT2D eigenvalue weighted by molar-refractivity contribution is 9.10. The van der Waals surface area contributed by atoms with Crippen LogP contribution in [-0.4, -0.2) is 9.97 Å². The number of benzene rings is 1. The summed E-state index contributed by atoms with van der Waals surface area (Å²) in [5.74, 6) is 0.787. The van der Waals surface area contributed by atoms with Crippen LogP contribution in [0.1, 0.15) is 0 Å². The van der Waals surface area contributed by atoms with Crippen molar-refractivity contribution in [1.82, 2.24) is 9.97 Å². The van der Waals surface area contributed by atoms with E-state index in [4.69, 9.17) is 0 Å². The van der Waals surface area contributed by atoms with Gasteiger partial charge < -0.3 is 5.32 Å². The van der Waals surface area contributed by atoms with Gasteiger partial charge in [-0.25, -0.2) is 4.98 Å². The highest BCUT2D eigenvalue weighted by Gasteiger charge is 2.02. The lowest BCUT2D eigenvalue weighted by Gasteiger charge is -2.07. The average Bonchev–Trinajstić information content (AvgIpc) is 2.41. The van der Waals surface area contributed by atoms with Gasteiger partial charge in [-0.05, 0) is 40.2 Å². The van der Waals surface area contributed by atoms with Crippen LogP contribution in [0.4, 0.5) is 11.5 Å². The first-order valence-electron chi connectivity index (χ1n) is 5.55. The van der Waals surface area contributed by atoms with Crippen molar-refractivity contribution in [2.75, 3.05) is 5.32 Å². The molecule has 0 amide bonds. The van der Waals surface area contributed by atoms with E-state index in [0.717, 1.165) is 26.9 Å². The summed E-state index contributed by atoms with van der Waals surface area (Å²) < 4.78 is 0.929. The molecule has 3 nitrogen and oxygen atoms in total. The van der Waals surface area contributed by atoms with Gasteiger partial charge in [-0.15, -0.1) is 0 Å². The molecule has 2 heterocycles. The average molecular weight is 300 g/mol. The van der Waals surface area contributed by atoms with E-state index in [1.165, 1.54) is 0 Å². The fourth-order valence-electron chi connectivity index (χ4n) is 1.75. The van der Waals surface area contributed by atoms with Crippen LogP contribution in [0.25, 0.3) is 10.9 Å². The normalized spacial score (nSPS) is 10.5. The van der Waals surface area contributed by atoms with Crippen molar-refractivity contribution in [2.24, 2.45) is 0 Å². The van der Waals surface area contributed by atoms with Gasteiger partial charge in [0, 0.05) is 11.6 Å². The summed E-state index contributed by atoms with van der Waals surface area (Å²) in [5, 5.41) is 4.35. The van der Waals surface area contributed by atoms with Crippen LogP contribution in [-0.2, 0) is 0 Å². The minimum atomic E-state index is 0.787. The molecule has 4 heteroatoms. The Morgan fingerprint density at radius 1 is 1.00 bits per heavy atom. The fourth-order valence-corrected chi connectivity index (χ4v) is 2.11. The van der Waals surface area contributed by atoms with E-state index in [2.05, 4.69) is 37.3 Å². The van der Waals surface area contributed by atoms with E-state index >= 15 is 0 Å². The molecule has 0 spiro atoms. The number of anilines is 2. The molecule has 0 radical (unpaired) electrons. The Balaban J connectivity index is 1.98. The summed E-state index contributed by atoms with van der Waals surface area (Å²) in [6, 6.07) is 13.9. The Bertz CT molecular complexity index is 697. The van der Waals surface area contributed by atoms with Crippen molar-refractivity contribution in [2.45, 2.75) is 0 Å². The lowest BCUT2D eigenvalue weighted by molar-refractivity contribution is 1.28. The molecule has 3 rings (SSSR count). The van der Waals surface area contributed by atoms with Crippen LogP contribution >= 0.6 is 15.9 Å². The van der Waals surface area contributed by atoms with Crippen LogP contribution in [0.15, 0.2) is 59.3 Å². The van der Waals surface area contributed by atoms with Gasteiger partial charge in [0.2, 0.25) is 0 Å². The number of nitrogens with one attached hydrogen (secondary N) is 1. The molecular formula is C14H10BrN3. The topological polar surface area (TPSA) is 37.8 Å². The molecule has 0 fully saturated rings. The van der Waals surface area contributed by atoms with Gasteiger partial charge >= 0.3 is 0 Å². The zero-order valence-corrected chi connectivity index (χ0v) is 11.1. The first-order valence-corrected chi connectivity index (χ1v) is 6.34. The van der Waals surface area contributed by atoms with Crippen LogP contribution in [0.5, 0.6) is 0 Å². The number of halogens is 1. The van der Waals surface area contributed by atoms with Crippen LogP contribution in [0.2, 0.25) is 0 Å². The number of aromatic nitrogens is 2. The number of fused-ring (bicyclic) bond motifs is 1. The lowest BCUT2D eigenvalue weighted by atomic mass is 10.2. The SMILES string of the molecule is Brc1cccnc1Nc1cnc2ccccc2c1. The Morgan fingerprint density at radius 3 is 2.78 bits per heavy atom. The summed E-state index contributed by atoms with van der Waals surface area (Å²) in [4.78, 5) is 8.67. The van der Waals surface area contributed by atoms with Crippen molar-refractivity contribution in [3.63, 3.8) is 0 Å². The molecule has 3 aromatic rings. The molecule has 0 aliphatic carbocycles. The predicted molar refractivity (Wildman–Crippen MR) is 77.0 cm³/mol. The monoisotopic (exact) mass is 299 g/mol. The second kappa shape index (κ2) is 4.74. The van der Waals surface area contributed by atoms with Crippen LogP contribution < -0.4 is 5.32 Å². The van der Waals surface area contributed by atoms with Gasteiger partial charge in [0.15, 0.2) is 0 Å². The first-order chi connectivity index (χ1) is 8.83. The van der Waals surface area contributed by atoms with Crippen molar-refractivity contribution >= 4 is 38.3 Å². The minimum absolute atomic E-state index is 0.787. The largest absolute Gasteiger partial charge is 0.338 e. The van der Waals surface area contributed by atoms with Crippen LogP contribution in [0, 0.1) is 0 Å². The highest BCUT2D eigenvalue weighted by atomic mass is 79.9. The Morgan fingerprint density at radius 2 is 1.89 bits per heavy atom. The number of hydrogen-bond donors (Lipinski definition) is 1. The summed E-state index contributed by atoms with van der Waals surface area (Å²) >= 11 is 3.46. The van der Waals surface area contributed by atoms with Gasteiger partial charge in [-0.2, -0.15) is 0 Å². The second-order valence-corrected chi connectivity index (χ2v) is 4.73. The van der Waals surface area contributed by atoms with E-state index in [1.807, 2.05) is 42.6 Å². The molecule has 2 aromatic heterocycles. The lowest BCUT2D eigenvalue weighted by Crippen LogP contribution is -1.94. The van der Waals surface area contributed by atoms with Gasteiger partial charge in [-0.1, -0.05) is 18.2 Å². The zero-order valence-electron chi connectivity index (χ0n) is 9.47. The third kappa shape index (κ3) is 2.19.